The minimum Gasteiger partial charge on any atom is -0.484 e. The molecule has 3 aromatic rings. The van der Waals surface area contributed by atoms with Crippen LogP contribution in [0.3, 0.4) is 0 Å². The quantitative estimate of drug-likeness (QED) is 0.676. The Hall–Kier alpha value is -2.79. The van der Waals surface area contributed by atoms with Gasteiger partial charge in [0.15, 0.2) is 12.4 Å². The van der Waals surface area contributed by atoms with Gasteiger partial charge in [0.25, 0.3) is 5.91 Å². The van der Waals surface area contributed by atoms with Gasteiger partial charge in [-0.2, -0.15) is 0 Å². The number of hydrogen-bond acceptors (Lipinski definition) is 4. The van der Waals surface area contributed by atoms with E-state index in [2.05, 4.69) is 5.16 Å². The molecule has 5 nitrogen and oxygen atoms in total. The first kappa shape index (κ1) is 17.6. The van der Waals surface area contributed by atoms with Crippen LogP contribution in [0.4, 0.5) is 0 Å². The van der Waals surface area contributed by atoms with Crippen molar-refractivity contribution in [1.29, 1.82) is 0 Å². The molecule has 0 bridgehead atoms. The van der Waals surface area contributed by atoms with Crippen LogP contribution in [0, 0.1) is 6.92 Å². The van der Waals surface area contributed by atoms with Crippen molar-refractivity contribution in [1.82, 2.24) is 10.1 Å². The molecule has 0 unspecified atom stereocenters. The summed E-state index contributed by atoms with van der Waals surface area (Å²) in [5.41, 5.74) is 3.86. The van der Waals surface area contributed by atoms with Gasteiger partial charge >= 0.3 is 0 Å². The van der Waals surface area contributed by atoms with E-state index in [1.54, 1.807) is 4.90 Å². The maximum Gasteiger partial charge on any atom is 0.260 e. The van der Waals surface area contributed by atoms with E-state index in [0.717, 1.165) is 22.4 Å². The van der Waals surface area contributed by atoms with Gasteiger partial charge in [-0.25, -0.2) is 0 Å². The average molecular weight is 383 g/mol. The smallest absolute Gasteiger partial charge is 0.260 e. The Bertz CT molecular complexity index is 966. The van der Waals surface area contributed by atoms with Crippen molar-refractivity contribution in [2.24, 2.45) is 0 Å². The van der Waals surface area contributed by atoms with Crippen LogP contribution >= 0.6 is 11.6 Å². The summed E-state index contributed by atoms with van der Waals surface area (Å²) in [4.78, 5) is 14.4. The highest BCUT2D eigenvalue weighted by molar-refractivity contribution is 6.30. The molecule has 2 heterocycles. The number of aromatic nitrogens is 1. The van der Waals surface area contributed by atoms with Crippen LogP contribution in [0.15, 0.2) is 53.1 Å². The maximum absolute atomic E-state index is 12.6. The van der Waals surface area contributed by atoms with Crippen LogP contribution in [0.5, 0.6) is 5.75 Å². The standard InChI is InChI=1S/C21H19ClN2O3/c1-14-3-2-4-17(11-14)26-13-20(25)24-10-9-19-18(12-24)21(27-23-19)15-5-7-16(22)8-6-15/h2-8,11H,9-10,12-13H2,1H3. The predicted octanol–water partition coefficient (Wildman–Crippen LogP) is 4.27. The number of benzene rings is 2. The lowest BCUT2D eigenvalue weighted by atomic mass is 10.0. The summed E-state index contributed by atoms with van der Waals surface area (Å²) in [5, 5.41) is 4.84. The Morgan fingerprint density at radius 3 is 2.85 bits per heavy atom. The molecule has 0 saturated heterocycles. The van der Waals surface area contributed by atoms with E-state index < -0.39 is 0 Å². The molecule has 4 rings (SSSR count). The van der Waals surface area contributed by atoms with Gasteiger partial charge in [-0.1, -0.05) is 28.9 Å². The number of nitrogens with zero attached hydrogens (tertiary/aromatic N) is 2. The number of ether oxygens (including phenoxy) is 1. The molecule has 0 radical (unpaired) electrons. The van der Waals surface area contributed by atoms with Crippen LogP contribution in [0.25, 0.3) is 11.3 Å². The number of rotatable bonds is 4. The molecular weight excluding hydrogens is 364 g/mol. The van der Waals surface area contributed by atoms with Gasteiger partial charge in [0.05, 0.1) is 12.2 Å². The van der Waals surface area contributed by atoms with Crippen LogP contribution in [-0.4, -0.2) is 29.1 Å². The average Bonchev–Trinajstić information content (AvgIpc) is 3.10. The molecule has 2 aromatic carbocycles. The highest BCUT2D eigenvalue weighted by Gasteiger charge is 2.27. The minimum absolute atomic E-state index is 0.0142. The van der Waals surface area contributed by atoms with E-state index in [1.807, 2.05) is 55.5 Å². The van der Waals surface area contributed by atoms with Crippen LogP contribution < -0.4 is 4.74 Å². The molecule has 0 saturated carbocycles. The van der Waals surface area contributed by atoms with Crippen LogP contribution in [0.2, 0.25) is 5.02 Å². The third kappa shape index (κ3) is 3.83. The third-order valence-electron chi connectivity index (χ3n) is 4.65. The van der Waals surface area contributed by atoms with Crippen molar-refractivity contribution in [2.75, 3.05) is 13.2 Å². The molecule has 1 aliphatic heterocycles. The Morgan fingerprint density at radius 2 is 2.07 bits per heavy atom. The zero-order valence-electron chi connectivity index (χ0n) is 14.9. The summed E-state index contributed by atoms with van der Waals surface area (Å²) in [7, 11) is 0. The molecule has 0 fully saturated rings. The van der Waals surface area contributed by atoms with E-state index in [4.69, 9.17) is 20.9 Å². The maximum atomic E-state index is 12.6. The minimum atomic E-state index is -0.0505. The first-order valence-electron chi connectivity index (χ1n) is 8.81. The molecule has 1 amide bonds. The van der Waals surface area contributed by atoms with Crippen molar-refractivity contribution in [2.45, 2.75) is 19.9 Å². The predicted molar refractivity (Wildman–Crippen MR) is 103 cm³/mol. The van der Waals surface area contributed by atoms with Crippen molar-refractivity contribution in [3.8, 4) is 17.1 Å². The summed E-state index contributed by atoms with van der Waals surface area (Å²) in [6.07, 6.45) is 0.669. The molecule has 6 heteroatoms. The lowest BCUT2D eigenvalue weighted by molar-refractivity contribution is -0.134. The number of halogens is 1. The second kappa shape index (κ2) is 7.45. The highest BCUT2D eigenvalue weighted by atomic mass is 35.5. The molecule has 1 aliphatic rings. The Balaban J connectivity index is 1.46. The van der Waals surface area contributed by atoms with E-state index in [-0.39, 0.29) is 12.5 Å². The SMILES string of the molecule is Cc1cccc(OCC(=O)N2CCc3noc(-c4ccc(Cl)cc4)c3C2)c1. The summed E-state index contributed by atoms with van der Waals surface area (Å²) in [6, 6.07) is 15.1. The molecule has 0 aliphatic carbocycles. The molecule has 0 N–H and O–H groups in total. The highest BCUT2D eigenvalue weighted by Crippen LogP contribution is 2.31. The number of hydrogen-bond donors (Lipinski definition) is 0. The zero-order chi connectivity index (χ0) is 18.8. The first-order chi connectivity index (χ1) is 13.1. The van der Waals surface area contributed by atoms with E-state index in [0.29, 0.717) is 36.0 Å². The van der Waals surface area contributed by atoms with Gasteiger partial charge in [-0.15, -0.1) is 0 Å². The van der Waals surface area contributed by atoms with Gasteiger partial charge in [0.1, 0.15) is 5.75 Å². The second-order valence-electron chi connectivity index (χ2n) is 6.61. The lowest BCUT2D eigenvalue weighted by Crippen LogP contribution is -2.38. The number of amides is 1. The van der Waals surface area contributed by atoms with Crippen LogP contribution in [0.1, 0.15) is 16.8 Å². The van der Waals surface area contributed by atoms with Gasteiger partial charge < -0.3 is 14.2 Å². The lowest BCUT2D eigenvalue weighted by Gasteiger charge is -2.26. The summed E-state index contributed by atoms with van der Waals surface area (Å²) in [5.74, 6) is 1.34. The molecule has 138 valence electrons. The van der Waals surface area contributed by atoms with Crippen molar-refractivity contribution < 1.29 is 14.1 Å². The Kier molecular flexibility index (Phi) is 4.86. The normalized spacial score (nSPS) is 13.3. The van der Waals surface area contributed by atoms with Gasteiger partial charge in [-0.05, 0) is 48.9 Å². The zero-order valence-corrected chi connectivity index (χ0v) is 15.7. The second-order valence-corrected chi connectivity index (χ2v) is 7.05. The number of fused-ring (bicyclic) bond motifs is 1. The van der Waals surface area contributed by atoms with Crippen molar-refractivity contribution in [3.05, 3.63) is 70.4 Å². The number of carbonyl (C=O) groups is 1. The van der Waals surface area contributed by atoms with Crippen LogP contribution in [-0.2, 0) is 17.8 Å². The first-order valence-corrected chi connectivity index (χ1v) is 9.18. The topological polar surface area (TPSA) is 55.6 Å². The Morgan fingerprint density at radius 1 is 1.26 bits per heavy atom. The fraction of sp³-hybridized carbons (Fsp3) is 0.238. The summed E-state index contributed by atoms with van der Waals surface area (Å²) >= 11 is 5.96. The van der Waals surface area contributed by atoms with E-state index in [1.165, 1.54) is 0 Å². The molecule has 1 aromatic heterocycles. The van der Waals surface area contributed by atoms with E-state index >= 15 is 0 Å². The van der Waals surface area contributed by atoms with Gasteiger partial charge in [-0.3, -0.25) is 4.79 Å². The Labute approximate surface area is 162 Å². The number of carbonyl (C=O) groups excluding carboxylic acids is 1. The fourth-order valence-corrected chi connectivity index (χ4v) is 3.32. The van der Waals surface area contributed by atoms with E-state index in [9.17, 15) is 4.79 Å². The van der Waals surface area contributed by atoms with Crippen molar-refractivity contribution >= 4 is 17.5 Å². The molecular formula is C21H19ClN2O3. The fourth-order valence-electron chi connectivity index (χ4n) is 3.19. The third-order valence-corrected chi connectivity index (χ3v) is 4.90. The summed E-state index contributed by atoms with van der Waals surface area (Å²) < 4.78 is 11.2. The van der Waals surface area contributed by atoms with Gasteiger partial charge in [0.2, 0.25) is 0 Å². The molecule has 0 spiro atoms. The van der Waals surface area contributed by atoms with Gasteiger partial charge in [0, 0.05) is 29.1 Å². The monoisotopic (exact) mass is 382 g/mol. The van der Waals surface area contributed by atoms with Crippen molar-refractivity contribution in [3.63, 3.8) is 0 Å². The number of aryl methyl sites for hydroxylation is 1. The molecule has 27 heavy (non-hydrogen) atoms. The molecule has 0 atom stereocenters. The summed E-state index contributed by atoms with van der Waals surface area (Å²) in [6.45, 7) is 3.08. The largest absolute Gasteiger partial charge is 0.484 e.